The van der Waals surface area contributed by atoms with E-state index in [4.69, 9.17) is 0 Å². The summed E-state index contributed by atoms with van der Waals surface area (Å²) in [4.78, 5) is 0. The second-order valence-corrected chi connectivity index (χ2v) is 3.35. The van der Waals surface area contributed by atoms with Crippen LogP contribution in [0.3, 0.4) is 0 Å². The normalized spacial score (nSPS) is 14.2. The molecule has 0 bridgehead atoms. The third-order valence-corrected chi connectivity index (χ3v) is 2.04. The maximum Gasteiger partial charge on any atom is 0.374 e. The number of hydrogen-bond acceptors (Lipinski definition) is 0. The van der Waals surface area contributed by atoms with Crippen molar-refractivity contribution >= 4 is 0 Å². The largest absolute Gasteiger partial charge is 0.374 e. The van der Waals surface area contributed by atoms with Crippen LogP contribution in [-0.4, -0.2) is 24.4 Å². The lowest BCUT2D eigenvalue weighted by Gasteiger charge is -2.31. The van der Waals surface area contributed by atoms with Gasteiger partial charge in [-0.25, -0.2) is 4.39 Å². The highest BCUT2D eigenvalue weighted by Crippen LogP contribution is 2.48. The molecule has 0 atom stereocenters. The van der Waals surface area contributed by atoms with Gasteiger partial charge in [0.15, 0.2) is 6.67 Å². The minimum Gasteiger partial charge on any atom is -0.244 e. The highest BCUT2D eigenvalue weighted by atomic mass is 19.3. The van der Waals surface area contributed by atoms with E-state index >= 15 is 0 Å². The molecular weight excluding hydrogens is 241 g/mol. The second kappa shape index (κ2) is 5.23. The smallest absolute Gasteiger partial charge is 0.244 e. The third kappa shape index (κ3) is 3.01. The van der Waals surface area contributed by atoms with E-state index in [1.165, 1.54) is 6.42 Å². The zero-order chi connectivity index (χ0) is 13.0. The van der Waals surface area contributed by atoms with Gasteiger partial charge < -0.3 is 0 Å². The quantitative estimate of drug-likeness (QED) is 0.470. The molecule has 16 heavy (non-hydrogen) atoms. The summed E-state index contributed by atoms with van der Waals surface area (Å²) < 4.78 is 87.1. The van der Waals surface area contributed by atoms with E-state index < -0.39 is 37.3 Å². The van der Waals surface area contributed by atoms with Crippen molar-refractivity contribution in [1.82, 2.24) is 0 Å². The van der Waals surface area contributed by atoms with Gasteiger partial charge in [-0.3, -0.25) is 0 Å². The van der Waals surface area contributed by atoms with Crippen LogP contribution in [0.15, 0.2) is 0 Å². The van der Waals surface area contributed by atoms with Gasteiger partial charge in [0.05, 0.1) is 0 Å². The number of unbranched alkanes of at least 4 members (excludes halogenated alkanes) is 2. The van der Waals surface area contributed by atoms with E-state index in [1.807, 2.05) is 0 Å². The number of halogens is 7. The van der Waals surface area contributed by atoms with Crippen molar-refractivity contribution in [2.24, 2.45) is 0 Å². The Morgan fingerprint density at radius 2 is 1.44 bits per heavy atom. The maximum atomic E-state index is 12.8. The Hall–Kier alpha value is -0.490. The summed E-state index contributed by atoms with van der Waals surface area (Å²) in [6.45, 7) is -1.22. The standard InChI is InChI=1S/C9H12F7/c1-2-3-4-5-7(11,12)9(15,16)8(13,14)6-10/h3H,2,4-6H2,1H3. The van der Waals surface area contributed by atoms with E-state index in [0.29, 0.717) is 6.42 Å². The van der Waals surface area contributed by atoms with Gasteiger partial charge in [0.25, 0.3) is 0 Å². The van der Waals surface area contributed by atoms with Crippen LogP contribution < -0.4 is 0 Å². The van der Waals surface area contributed by atoms with Crippen LogP contribution in [0.2, 0.25) is 0 Å². The molecule has 0 aromatic rings. The predicted molar refractivity (Wildman–Crippen MR) is 44.6 cm³/mol. The summed E-state index contributed by atoms with van der Waals surface area (Å²) in [5.74, 6) is -15.9. The first-order valence-electron chi connectivity index (χ1n) is 4.63. The first-order valence-corrected chi connectivity index (χ1v) is 4.63. The highest BCUT2D eigenvalue weighted by Gasteiger charge is 2.70. The molecule has 0 aliphatic heterocycles. The fraction of sp³-hybridized carbons (Fsp3) is 0.889. The van der Waals surface area contributed by atoms with Crippen LogP contribution in [0.4, 0.5) is 30.7 Å². The molecule has 97 valence electrons. The lowest BCUT2D eigenvalue weighted by atomic mass is 9.99. The summed E-state index contributed by atoms with van der Waals surface area (Å²) in [5, 5.41) is 0. The van der Waals surface area contributed by atoms with Gasteiger partial charge in [-0.1, -0.05) is 13.3 Å². The molecule has 0 nitrogen and oxygen atoms in total. The molecule has 0 spiro atoms. The van der Waals surface area contributed by atoms with Gasteiger partial charge in [0, 0.05) is 6.42 Å². The zero-order valence-electron chi connectivity index (χ0n) is 8.55. The average Bonchev–Trinajstić information content (AvgIpc) is 2.17. The maximum absolute atomic E-state index is 12.8. The van der Waals surface area contributed by atoms with Gasteiger partial charge in [-0.2, -0.15) is 26.3 Å². The third-order valence-electron chi connectivity index (χ3n) is 2.04. The Morgan fingerprint density at radius 1 is 0.938 bits per heavy atom. The first-order chi connectivity index (χ1) is 7.12. The van der Waals surface area contributed by atoms with Crippen molar-refractivity contribution in [3.05, 3.63) is 6.42 Å². The van der Waals surface area contributed by atoms with E-state index in [2.05, 4.69) is 0 Å². The van der Waals surface area contributed by atoms with Crippen LogP contribution in [-0.2, 0) is 0 Å². The van der Waals surface area contributed by atoms with Gasteiger partial charge in [0.2, 0.25) is 0 Å². The molecule has 0 unspecified atom stereocenters. The molecule has 0 heterocycles. The molecule has 0 saturated heterocycles. The molecule has 0 aromatic carbocycles. The molecule has 0 rings (SSSR count). The SMILES string of the molecule is CC[CH]CCC(F)(F)C(F)(F)C(F)(F)CF. The van der Waals surface area contributed by atoms with Gasteiger partial charge in [0.1, 0.15) is 0 Å². The van der Waals surface area contributed by atoms with Crippen molar-refractivity contribution in [1.29, 1.82) is 0 Å². The Morgan fingerprint density at radius 3 is 1.81 bits per heavy atom. The van der Waals surface area contributed by atoms with Gasteiger partial charge in [-0.05, 0) is 12.8 Å². The Labute approximate surface area is 88.8 Å². The summed E-state index contributed by atoms with van der Waals surface area (Å²) in [6, 6.07) is 0. The van der Waals surface area contributed by atoms with Crippen molar-refractivity contribution < 1.29 is 30.7 Å². The molecule has 0 saturated carbocycles. The van der Waals surface area contributed by atoms with Crippen molar-refractivity contribution in [2.75, 3.05) is 6.67 Å². The first kappa shape index (κ1) is 15.5. The lowest BCUT2D eigenvalue weighted by Crippen LogP contribution is -2.55. The predicted octanol–water partition coefficient (Wildman–Crippen LogP) is 4.26. The number of hydrogen-bond donors (Lipinski definition) is 0. The molecule has 0 fully saturated rings. The van der Waals surface area contributed by atoms with E-state index in [0.717, 1.165) is 0 Å². The van der Waals surface area contributed by atoms with Gasteiger partial charge >= 0.3 is 17.8 Å². The molecule has 0 aromatic heterocycles. The van der Waals surface area contributed by atoms with Crippen molar-refractivity contribution in [2.45, 2.75) is 44.0 Å². The Kier molecular flexibility index (Phi) is 5.07. The molecule has 0 aliphatic carbocycles. The lowest BCUT2D eigenvalue weighted by molar-refractivity contribution is -0.313. The molecule has 1 radical (unpaired) electrons. The monoisotopic (exact) mass is 253 g/mol. The summed E-state index contributed by atoms with van der Waals surface area (Å²) in [6.07, 6.45) is -0.233. The molecule has 0 amide bonds. The molecule has 7 heteroatoms. The van der Waals surface area contributed by atoms with E-state index in [1.54, 1.807) is 6.92 Å². The van der Waals surface area contributed by atoms with Crippen LogP contribution >= 0.6 is 0 Å². The van der Waals surface area contributed by atoms with Crippen LogP contribution in [0, 0.1) is 6.42 Å². The van der Waals surface area contributed by atoms with Crippen LogP contribution in [0.5, 0.6) is 0 Å². The summed E-state index contributed by atoms with van der Waals surface area (Å²) in [5.41, 5.74) is 0. The fourth-order valence-electron chi connectivity index (χ4n) is 0.996. The van der Waals surface area contributed by atoms with E-state index in [9.17, 15) is 30.7 Å². The second-order valence-electron chi connectivity index (χ2n) is 3.35. The topological polar surface area (TPSA) is 0 Å². The van der Waals surface area contributed by atoms with Gasteiger partial charge in [-0.15, -0.1) is 0 Å². The molecular formula is C9H12F7. The summed E-state index contributed by atoms with van der Waals surface area (Å²) in [7, 11) is 0. The molecule has 0 N–H and O–H groups in total. The van der Waals surface area contributed by atoms with Crippen LogP contribution in [0.1, 0.15) is 26.2 Å². The fourth-order valence-corrected chi connectivity index (χ4v) is 0.996. The average molecular weight is 253 g/mol. The number of alkyl halides is 7. The minimum absolute atomic E-state index is 0.362. The minimum atomic E-state index is -5.67. The van der Waals surface area contributed by atoms with Crippen LogP contribution in [0.25, 0.3) is 0 Å². The van der Waals surface area contributed by atoms with Crippen molar-refractivity contribution in [3.63, 3.8) is 0 Å². The number of rotatable bonds is 7. The van der Waals surface area contributed by atoms with E-state index in [-0.39, 0.29) is 0 Å². The zero-order valence-corrected chi connectivity index (χ0v) is 8.55. The van der Waals surface area contributed by atoms with Crippen molar-refractivity contribution in [3.8, 4) is 0 Å². The Bertz CT molecular complexity index is 212. The summed E-state index contributed by atoms with van der Waals surface area (Å²) >= 11 is 0. The highest BCUT2D eigenvalue weighted by molar-refractivity contribution is 4.96. The molecule has 0 aliphatic rings. The Balaban J connectivity index is 4.70.